The highest BCUT2D eigenvalue weighted by molar-refractivity contribution is 7.91. The second kappa shape index (κ2) is 8.81. The minimum Gasteiger partial charge on any atom is -0.479 e. The Labute approximate surface area is 185 Å². The van der Waals surface area contributed by atoms with E-state index in [1.165, 1.54) is 12.1 Å². The molecule has 1 N–H and O–H groups in total. The Bertz CT molecular complexity index is 1230. The smallest absolute Gasteiger partial charge is 0.337 e. The van der Waals surface area contributed by atoms with Crippen molar-refractivity contribution in [2.45, 2.75) is 12.6 Å². The second-order valence-corrected chi connectivity index (χ2v) is 8.87. The lowest BCUT2D eigenvalue weighted by Gasteiger charge is -2.37. The van der Waals surface area contributed by atoms with Gasteiger partial charge in [-0.2, -0.15) is 8.42 Å². The molecule has 0 fully saturated rings. The van der Waals surface area contributed by atoms with Crippen LogP contribution in [0.15, 0.2) is 84.9 Å². The number of para-hydroxylation sites is 1. The first-order valence-electron chi connectivity index (χ1n) is 9.76. The topological polar surface area (TPSA) is 104 Å². The normalized spacial score (nSPS) is 15.8. The van der Waals surface area contributed by atoms with Crippen molar-refractivity contribution in [3.63, 3.8) is 0 Å². The van der Waals surface area contributed by atoms with E-state index in [2.05, 4.69) is 0 Å². The number of ether oxygens (including phenoxy) is 1. The summed E-state index contributed by atoms with van der Waals surface area (Å²) < 4.78 is 34.1. The van der Waals surface area contributed by atoms with Crippen LogP contribution >= 0.6 is 0 Å². The molecule has 0 saturated carbocycles. The number of carboxylic acid groups (broad SMARTS) is 1. The number of carbonyl (C=O) groups excluding carboxylic acids is 1. The van der Waals surface area contributed by atoms with Gasteiger partial charge in [0.15, 0.2) is 6.10 Å². The van der Waals surface area contributed by atoms with E-state index in [4.69, 9.17) is 4.74 Å². The van der Waals surface area contributed by atoms with Gasteiger partial charge in [-0.3, -0.25) is 4.79 Å². The first-order valence-corrected chi connectivity index (χ1v) is 11.2. The number of benzene rings is 3. The fourth-order valence-corrected chi connectivity index (χ4v) is 4.93. The van der Waals surface area contributed by atoms with Gasteiger partial charge in [-0.1, -0.05) is 72.8 Å². The van der Waals surface area contributed by atoms with Crippen LogP contribution in [0.1, 0.15) is 27.6 Å². The lowest BCUT2D eigenvalue weighted by Crippen LogP contribution is -2.51. The Hall–Kier alpha value is -3.69. The molecular formula is C23H20N2O6S. The average Bonchev–Trinajstić information content (AvgIpc) is 2.80. The number of aliphatic carboxylic acids is 1. The van der Waals surface area contributed by atoms with Crippen molar-refractivity contribution in [2.24, 2.45) is 0 Å². The molecule has 3 aromatic carbocycles. The van der Waals surface area contributed by atoms with Gasteiger partial charge in [-0.15, -0.1) is 0 Å². The molecule has 1 heterocycles. The fourth-order valence-electron chi connectivity index (χ4n) is 3.47. The summed E-state index contributed by atoms with van der Waals surface area (Å²) in [6, 6.07) is 23.3. The highest BCUT2D eigenvalue weighted by atomic mass is 32.2. The minimum absolute atomic E-state index is 0.138. The van der Waals surface area contributed by atoms with Crippen molar-refractivity contribution in [1.29, 1.82) is 0 Å². The van der Waals surface area contributed by atoms with E-state index in [-0.39, 0.29) is 17.8 Å². The molecule has 0 radical (unpaired) electrons. The van der Waals surface area contributed by atoms with E-state index >= 15 is 0 Å². The summed E-state index contributed by atoms with van der Waals surface area (Å²) in [7, 11) is -4.33. The van der Waals surface area contributed by atoms with Crippen LogP contribution < -0.4 is 4.31 Å². The van der Waals surface area contributed by atoms with Gasteiger partial charge in [0.25, 0.3) is 5.91 Å². The number of hydrogen-bond donors (Lipinski definition) is 1. The predicted molar refractivity (Wildman–Crippen MR) is 117 cm³/mol. The van der Waals surface area contributed by atoms with E-state index in [1.807, 2.05) is 0 Å². The van der Waals surface area contributed by atoms with Gasteiger partial charge >= 0.3 is 16.2 Å². The first-order chi connectivity index (χ1) is 15.4. The zero-order valence-electron chi connectivity index (χ0n) is 16.9. The van der Waals surface area contributed by atoms with Crippen LogP contribution in [0.5, 0.6) is 0 Å². The SMILES string of the molecule is O=C(O)C(OCN1c2ccccc2C(=O)N(Cc2ccccc2)S1(=O)=O)c1ccccc1. The van der Waals surface area contributed by atoms with Crippen molar-refractivity contribution in [1.82, 2.24) is 4.31 Å². The lowest BCUT2D eigenvalue weighted by molar-refractivity contribution is -0.150. The average molecular weight is 452 g/mol. The molecule has 0 bridgehead atoms. The van der Waals surface area contributed by atoms with Crippen LogP contribution in [0.25, 0.3) is 0 Å². The second-order valence-electron chi connectivity index (χ2n) is 7.10. The Morgan fingerprint density at radius 1 is 0.875 bits per heavy atom. The summed E-state index contributed by atoms with van der Waals surface area (Å²) in [6.45, 7) is -0.738. The number of carboxylic acids is 1. The number of hydrogen-bond acceptors (Lipinski definition) is 5. The largest absolute Gasteiger partial charge is 0.479 e. The molecule has 164 valence electrons. The lowest BCUT2D eigenvalue weighted by atomic mass is 10.1. The minimum atomic E-state index is -4.33. The van der Waals surface area contributed by atoms with E-state index in [0.29, 0.717) is 11.1 Å². The predicted octanol–water partition coefficient (Wildman–Crippen LogP) is 3.19. The molecule has 8 nitrogen and oxygen atoms in total. The van der Waals surface area contributed by atoms with Gasteiger partial charge in [0.2, 0.25) is 0 Å². The fraction of sp³-hybridized carbons (Fsp3) is 0.130. The number of nitrogens with zero attached hydrogens (tertiary/aromatic N) is 2. The third-order valence-corrected chi connectivity index (χ3v) is 6.75. The molecule has 0 saturated heterocycles. The van der Waals surface area contributed by atoms with Crippen molar-refractivity contribution in [2.75, 3.05) is 11.0 Å². The van der Waals surface area contributed by atoms with Gasteiger partial charge < -0.3 is 9.84 Å². The Morgan fingerprint density at radius 2 is 1.47 bits per heavy atom. The van der Waals surface area contributed by atoms with Crippen LogP contribution in [-0.2, 0) is 26.3 Å². The zero-order chi connectivity index (χ0) is 22.7. The molecule has 4 rings (SSSR count). The maximum absolute atomic E-state index is 13.4. The van der Waals surface area contributed by atoms with Crippen LogP contribution in [-0.4, -0.2) is 36.4 Å². The maximum atomic E-state index is 13.4. The molecule has 3 aromatic rings. The van der Waals surface area contributed by atoms with Crippen molar-refractivity contribution in [3.8, 4) is 0 Å². The number of carbonyl (C=O) groups is 2. The van der Waals surface area contributed by atoms with E-state index in [9.17, 15) is 23.1 Å². The van der Waals surface area contributed by atoms with E-state index < -0.39 is 34.9 Å². The van der Waals surface area contributed by atoms with Gasteiger partial charge in [0, 0.05) is 0 Å². The summed E-state index contributed by atoms with van der Waals surface area (Å²) in [5, 5.41) is 9.61. The maximum Gasteiger partial charge on any atom is 0.337 e. The number of anilines is 1. The van der Waals surface area contributed by atoms with Gasteiger partial charge in [0.1, 0.15) is 6.73 Å². The van der Waals surface area contributed by atoms with E-state index in [0.717, 1.165) is 8.61 Å². The molecule has 1 unspecified atom stereocenters. The molecule has 9 heteroatoms. The number of rotatable bonds is 7. The van der Waals surface area contributed by atoms with Crippen LogP contribution in [0, 0.1) is 0 Å². The van der Waals surface area contributed by atoms with Crippen molar-refractivity contribution in [3.05, 3.63) is 102 Å². The highest BCUT2D eigenvalue weighted by Crippen LogP contribution is 2.34. The molecule has 0 aliphatic carbocycles. The monoisotopic (exact) mass is 452 g/mol. The molecule has 1 aliphatic rings. The molecule has 0 spiro atoms. The summed E-state index contributed by atoms with van der Waals surface area (Å²) in [5.74, 6) is -1.91. The molecular weight excluding hydrogens is 432 g/mol. The van der Waals surface area contributed by atoms with Crippen molar-refractivity contribution < 1.29 is 27.9 Å². The standard InChI is InChI=1S/C23H20N2O6S/c26-22-19-13-7-8-14-20(19)25(16-31-21(23(27)28)18-11-5-2-6-12-18)32(29,30)24(22)15-17-9-3-1-4-10-17/h1-14,21H,15-16H2,(H,27,28). The van der Waals surface area contributed by atoms with Crippen molar-refractivity contribution >= 4 is 27.8 Å². The van der Waals surface area contributed by atoms with Crippen LogP contribution in [0.4, 0.5) is 5.69 Å². The Kier molecular flexibility index (Phi) is 5.93. The molecule has 0 aromatic heterocycles. The summed E-state index contributed by atoms with van der Waals surface area (Å²) >= 11 is 0. The van der Waals surface area contributed by atoms with Gasteiger partial charge in [0.05, 0.1) is 17.8 Å². The summed E-state index contributed by atoms with van der Waals surface area (Å²) in [6.07, 6.45) is -1.38. The number of amides is 1. The zero-order valence-corrected chi connectivity index (χ0v) is 17.7. The van der Waals surface area contributed by atoms with Crippen LogP contribution in [0.3, 0.4) is 0 Å². The molecule has 1 atom stereocenters. The summed E-state index contributed by atoms with van der Waals surface area (Å²) in [4.78, 5) is 24.8. The Balaban J connectivity index is 1.69. The molecule has 1 amide bonds. The third kappa shape index (κ3) is 4.08. The quantitative estimate of drug-likeness (QED) is 0.590. The molecule has 32 heavy (non-hydrogen) atoms. The first kappa shape index (κ1) is 21.5. The molecule has 1 aliphatic heterocycles. The van der Waals surface area contributed by atoms with E-state index in [1.54, 1.807) is 72.8 Å². The Morgan fingerprint density at radius 3 is 2.12 bits per heavy atom. The number of fused-ring (bicyclic) bond motifs is 1. The third-order valence-electron chi connectivity index (χ3n) is 5.04. The summed E-state index contributed by atoms with van der Waals surface area (Å²) in [5.41, 5.74) is 1.34. The van der Waals surface area contributed by atoms with Gasteiger partial charge in [-0.25, -0.2) is 13.4 Å². The van der Waals surface area contributed by atoms with Crippen LogP contribution in [0.2, 0.25) is 0 Å². The van der Waals surface area contributed by atoms with Gasteiger partial charge in [-0.05, 0) is 23.3 Å². The highest BCUT2D eigenvalue weighted by Gasteiger charge is 2.42.